The van der Waals surface area contributed by atoms with Gasteiger partial charge in [-0.15, -0.1) is 0 Å². The fraction of sp³-hybridized carbons (Fsp3) is 0.625. The third-order valence-electron chi connectivity index (χ3n) is 2.95. The van der Waals surface area contributed by atoms with Crippen LogP contribution in [0.25, 0.3) is 0 Å². The summed E-state index contributed by atoms with van der Waals surface area (Å²) in [5.74, 6) is 0. The third kappa shape index (κ3) is 7.60. The summed E-state index contributed by atoms with van der Waals surface area (Å²) in [5, 5.41) is 3.34. The van der Waals surface area contributed by atoms with Crippen molar-refractivity contribution < 1.29 is 14.2 Å². The molecule has 20 heavy (non-hydrogen) atoms. The highest BCUT2D eigenvalue weighted by Gasteiger charge is 2.01. The molecule has 0 aliphatic heterocycles. The van der Waals surface area contributed by atoms with E-state index in [0.29, 0.717) is 19.8 Å². The minimum absolute atomic E-state index is 0.628. The van der Waals surface area contributed by atoms with Gasteiger partial charge in [0.25, 0.3) is 0 Å². The molecule has 0 fully saturated rings. The van der Waals surface area contributed by atoms with E-state index in [9.17, 15) is 0 Å². The number of hydrogen-bond donors (Lipinski definition) is 1. The van der Waals surface area contributed by atoms with Gasteiger partial charge in [0.2, 0.25) is 0 Å². The normalized spacial score (nSPS) is 10.9. The van der Waals surface area contributed by atoms with Gasteiger partial charge in [-0.1, -0.05) is 31.2 Å². The Morgan fingerprint density at radius 2 is 1.70 bits per heavy atom. The highest BCUT2D eigenvalue weighted by molar-refractivity contribution is 5.26. The quantitative estimate of drug-likeness (QED) is 0.597. The number of hydrogen-bond acceptors (Lipinski definition) is 4. The zero-order valence-corrected chi connectivity index (χ0v) is 12.7. The van der Waals surface area contributed by atoms with Crippen molar-refractivity contribution >= 4 is 0 Å². The lowest BCUT2D eigenvalue weighted by molar-refractivity contribution is 0.0335. The Kier molecular flexibility index (Phi) is 10.1. The first-order valence-corrected chi connectivity index (χ1v) is 7.30. The van der Waals surface area contributed by atoms with E-state index in [1.165, 1.54) is 11.1 Å². The van der Waals surface area contributed by atoms with Crippen molar-refractivity contribution in [2.24, 2.45) is 0 Å². The molecule has 0 radical (unpaired) electrons. The van der Waals surface area contributed by atoms with Crippen LogP contribution < -0.4 is 5.32 Å². The van der Waals surface area contributed by atoms with Crippen LogP contribution >= 0.6 is 0 Å². The maximum Gasteiger partial charge on any atom is 0.0721 e. The molecular formula is C16H27NO3. The molecule has 0 amide bonds. The highest BCUT2D eigenvalue weighted by Crippen LogP contribution is 2.09. The summed E-state index contributed by atoms with van der Waals surface area (Å²) in [7, 11) is 1.70. The first kappa shape index (κ1) is 17.1. The second kappa shape index (κ2) is 11.9. The summed E-state index contributed by atoms with van der Waals surface area (Å²) in [5.41, 5.74) is 2.54. The monoisotopic (exact) mass is 281 g/mol. The van der Waals surface area contributed by atoms with Crippen LogP contribution in [0.15, 0.2) is 24.3 Å². The van der Waals surface area contributed by atoms with Crippen molar-refractivity contribution in [1.29, 1.82) is 0 Å². The molecule has 1 N–H and O–H groups in total. The number of benzene rings is 1. The number of methoxy groups -OCH3 is 1. The van der Waals surface area contributed by atoms with Gasteiger partial charge in [-0.05, 0) is 24.1 Å². The molecule has 0 saturated heterocycles. The molecule has 4 heteroatoms. The van der Waals surface area contributed by atoms with Crippen molar-refractivity contribution in [2.45, 2.75) is 26.5 Å². The summed E-state index contributed by atoms with van der Waals surface area (Å²) in [6.45, 7) is 7.37. The van der Waals surface area contributed by atoms with Crippen LogP contribution in [0, 0.1) is 0 Å². The van der Waals surface area contributed by atoms with Crippen molar-refractivity contribution in [3.63, 3.8) is 0 Å². The molecule has 114 valence electrons. The van der Waals surface area contributed by atoms with E-state index in [1.54, 1.807) is 7.11 Å². The molecule has 0 saturated carbocycles. The second-order valence-electron chi connectivity index (χ2n) is 4.56. The Bertz CT molecular complexity index is 344. The molecule has 1 aromatic carbocycles. The van der Waals surface area contributed by atoms with Crippen molar-refractivity contribution in [3.05, 3.63) is 35.4 Å². The molecule has 0 spiro atoms. The van der Waals surface area contributed by atoms with E-state index in [0.717, 1.165) is 32.7 Å². The van der Waals surface area contributed by atoms with Crippen LogP contribution in [0.3, 0.4) is 0 Å². The number of ether oxygens (including phenoxy) is 3. The van der Waals surface area contributed by atoms with Gasteiger partial charge < -0.3 is 19.5 Å². The van der Waals surface area contributed by atoms with E-state index in [-0.39, 0.29) is 0 Å². The van der Waals surface area contributed by atoms with Crippen molar-refractivity contribution in [3.8, 4) is 0 Å². The van der Waals surface area contributed by atoms with Gasteiger partial charge in [-0.3, -0.25) is 0 Å². The molecule has 0 aromatic heterocycles. The highest BCUT2D eigenvalue weighted by atomic mass is 16.5. The van der Waals surface area contributed by atoms with E-state index in [4.69, 9.17) is 14.2 Å². The van der Waals surface area contributed by atoms with Gasteiger partial charge in [0.15, 0.2) is 0 Å². The van der Waals surface area contributed by atoms with Crippen LogP contribution in [0.5, 0.6) is 0 Å². The fourth-order valence-electron chi connectivity index (χ4n) is 1.84. The molecule has 1 aromatic rings. The van der Waals surface area contributed by atoms with Crippen LogP contribution in [-0.2, 0) is 27.4 Å². The minimum atomic E-state index is 0.628. The first-order chi connectivity index (χ1) is 9.88. The summed E-state index contributed by atoms with van der Waals surface area (Å²) in [6, 6.07) is 8.37. The predicted octanol–water partition coefficient (Wildman–Crippen LogP) is 2.37. The summed E-state index contributed by atoms with van der Waals surface area (Å²) >= 11 is 0. The molecule has 0 bridgehead atoms. The topological polar surface area (TPSA) is 39.7 Å². The SMILES string of the molecule is CCNCc1ccccc1COCCOCCCOC. The van der Waals surface area contributed by atoms with Gasteiger partial charge >= 0.3 is 0 Å². The lowest BCUT2D eigenvalue weighted by Crippen LogP contribution is -2.14. The smallest absolute Gasteiger partial charge is 0.0721 e. The third-order valence-corrected chi connectivity index (χ3v) is 2.95. The van der Waals surface area contributed by atoms with Gasteiger partial charge in [-0.2, -0.15) is 0 Å². The lowest BCUT2D eigenvalue weighted by Gasteiger charge is -2.10. The van der Waals surface area contributed by atoms with Gasteiger partial charge in [0.05, 0.1) is 19.8 Å². The molecule has 0 unspecified atom stereocenters. The molecule has 0 aliphatic rings. The van der Waals surface area contributed by atoms with Gasteiger partial charge in [0.1, 0.15) is 0 Å². The predicted molar refractivity (Wildman–Crippen MR) is 80.8 cm³/mol. The van der Waals surface area contributed by atoms with Gasteiger partial charge in [0, 0.05) is 26.9 Å². The Balaban J connectivity index is 2.15. The van der Waals surface area contributed by atoms with Crippen LogP contribution in [0.2, 0.25) is 0 Å². The summed E-state index contributed by atoms with van der Waals surface area (Å²) in [6.07, 6.45) is 0.933. The minimum Gasteiger partial charge on any atom is -0.385 e. The average molecular weight is 281 g/mol. The largest absolute Gasteiger partial charge is 0.385 e. The Morgan fingerprint density at radius 1 is 0.950 bits per heavy atom. The summed E-state index contributed by atoms with van der Waals surface area (Å²) in [4.78, 5) is 0. The number of rotatable bonds is 12. The maximum atomic E-state index is 5.66. The number of nitrogens with one attached hydrogen (secondary N) is 1. The maximum absolute atomic E-state index is 5.66. The van der Waals surface area contributed by atoms with E-state index in [2.05, 4.69) is 36.5 Å². The fourth-order valence-corrected chi connectivity index (χ4v) is 1.84. The van der Waals surface area contributed by atoms with Gasteiger partial charge in [-0.25, -0.2) is 0 Å². The Hall–Kier alpha value is -0.940. The van der Waals surface area contributed by atoms with E-state index < -0.39 is 0 Å². The van der Waals surface area contributed by atoms with Crippen molar-refractivity contribution in [2.75, 3.05) is 40.1 Å². The molecular weight excluding hydrogens is 254 g/mol. The Morgan fingerprint density at radius 3 is 2.45 bits per heavy atom. The van der Waals surface area contributed by atoms with Crippen LogP contribution in [-0.4, -0.2) is 40.1 Å². The lowest BCUT2D eigenvalue weighted by atomic mass is 10.1. The van der Waals surface area contributed by atoms with E-state index >= 15 is 0 Å². The van der Waals surface area contributed by atoms with Crippen LogP contribution in [0.1, 0.15) is 24.5 Å². The zero-order chi connectivity index (χ0) is 14.5. The molecule has 4 nitrogen and oxygen atoms in total. The Labute approximate surface area is 122 Å². The average Bonchev–Trinajstić information content (AvgIpc) is 2.49. The zero-order valence-electron chi connectivity index (χ0n) is 12.7. The van der Waals surface area contributed by atoms with Crippen molar-refractivity contribution in [1.82, 2.24) is 5.32 Å². The summed E-state index contributed by atoms with van der Waals surface area (Å²) < 4.78 is 16.1. The molecule has 0 atom stereocenters. The van der Waals surface area contributed by atoms with Crippen LogP contribution in [0.4, 0.5) is 0 Å². The molecule has 0 aliphatic carbocycles. The van der Waals surface area contributed by atoms with E-state index in [1.807, 2.05) is 0 Å². The standard InChI is InChI=1S/C16H27NO3/c1-3-17-13-15-7-4-5-8-16(15)14-20-12-11-19-10-6-9-18-2/h4-5,7-8,17H,3,6,9-14H2,1-2H3. The second-order valence-corrected chi connectivity index (χ2v) is 4.56. The molecule has 1 rings (SSSR count). The molecule has 0 heterocycles. The first-order valence-electron chi connectivity index (χ1n) is 7.30.